The van der Waals surface area contributed by atoms with Crippen LogP contribution in [-0.2, 0) is 18.8 Å². The third kappa shape index (κ3) is 5.88. The maximum absolute atomic E-state index is 12.1. The number of carbonyl (C=O) groups is 2. The quantitative estimate of drug-likeness (QED) is 0.424. The van der Waals surface area contributed by atoms with Crippen molar-refractivity contribution in [1.82, 2.24) is 5.32 Å². The highest BCUT2D eigenvalue weighted by molar-refractivity contribution is 6.74. The number of rotatable bonds is 8. The molecular formula is C15H31NO4Si. The molecule has 0 aliphatic heterocycles. The number of nitrogens with one attached hydrogen (secondary N) is 1. The largest absolute Gasteiger partial charge is 0.412 e. The van der Waals surface area contributed by atoms with E-state index in [1.54, 1.807) is 13.8 Å². The number of carbonyl (C=O) groups excluding carboxylic acids is 2. The van der Waals surface area contributed by atoms with Gasteiger partial charge in [-0.05, 0) is 18.1 Å². The van der Waals surface area contributed by atoms with E-state index in [0.717, 1.165) is 6.29 Å². The van der Waals surface area contributed by atoms with Gasteiger partial charge in [-0.15, -0.1) is 0 Å². The number of aldehydes is 1. The highest BCUT2D eigenvalue weighted by Crippen LogP contribution is 2.39. The predicted molar refractivity (Wildman–Crippen MR) is 86.5 cm³/mol. The van der Waals surface area contributed by atoms with E-state index < -0.39 is 20.3 Å². The minimum Gasteiger partial charge on any atom is -0.412 e. The molecule has 5 nitrogen and oxygen atoms in total. The Labute approximate surface area is 129 Å². The first-order valence-corrected chi connectivity index (χ1v) is 10.3. The van der Waals surface area contributed by atoms with Crippen LogP contribution in [0.3, 0.4) is 0 Å². The summed E-state index contributed by atoms with van der Waals surface area (Å²) in [5, 5.41) is 2.70. The SMILES string of the molecule is COCNC(=O)[C@H](C)[C@@H](O[Si](C)(C)C(C)(C)C)[C@@H](C)C=O. The lowest BCUT2D eigenvalue weighted by Gasteiger charge is -2.41. The van der Waals surface area contributed by atoms with Gasteiger partial charge in [0, 0.05) is 13.0 Å². The summed E-state index contributed by atoms with van der Waals surface area (Å²) in [7, 11) is -0.541. The van der Waals surface area contributed by atoms with Gasteiger partial charge in [0.1, 0.15) is 13.0 Å². The van der Waals surface area contributed by atoms with Crippen LogP contribution in [0.2, 0.25) is 18.1 Å². The second-order valence-corrected chi connectivity index (χ2v) is 11.9. The molecule has 0 heterocycles. The lowest BCUT2D eigenvalue weighted by Crippen LogP contribution is -2.50. The van der Waals surface area contributed by atoms with Crippen molar-refractivity contribution in [1.29, 1.82) is 0 Å². The predicted octanol–water partition coefficient (Wildman–Crippen LogP) is 2.57. The average molecular weight is 318 g/mol. The van der Waals surface area contributed by atoms with E-state index in [0.29, 0.717) is 0 Å². The molecule has 0 saturated heterocycles. The van der Waals surface area contributed by atoms with Crippen molar-refractivity contribution in [2.24, 2.45) is 11.8 Å². The number of methoxy groups -OCH3 is 1. The fourth-order valence-electron chi connectivity index (χ4n) is 1.71. The van der Waals surface area contributed by atoms with Crippen molar-refractivity contribution in [3.8, 4) is 0 Å². The van der Waals surface area contributed by atoms with Gasteiger partial charge in [-0.2, -0.15) is 0 Å². The van der Waals surface area contributed by atoms with Gasteiger partial charge in [0.05, 0.1) is 12.0 Å². The van der Waals surface area contributed by atoms with Gasteiger partial charge in [0.2, 0.25) is 5.91 Å². The van der Waals surface area contributed by atoms with E-state index in [9.17, 15) is 9.59 Å². The summed E-state index contributed by atoms with van der Waals surface area (Å²) in [6.45, 7) is 14.4. The van der Waals surface area contributed by atoms with E-state index in [-0.39, 0.29) is 23.6 Å². The Morgan fingerprint density at radius 1 is 1.29 bits per heavy atom. The van der Waals surface area contributed by atoms with E-state index in [4.69, 9.17) is 9.16 Å². The van der Waals surface area contributed by atoms with Crippen LogP contribution in [0.25, 0.3) is 0 Å². The van der Waals surface area contributed by atoms with Crippen LogP contribution in [0.4, 0.5) is 0 Å². The highest BCUT2D eigenvalue weighted by atomic mass is 28.4. The summed E-state index contributed by atoms with van der Waals surface area (Å²) in [5.41, 5.74) is 0. The van der Waals surface area contributed by atoms with Gasteiger partial charge in [-0.3, -0.25) is 4.79 Å². The molecule has 0 spiro atoms. The van der Waals surface area contributed by atoms with Gasteiger partial charge >= 0.3 is 0 Å². The first-order chi connectivity index (χ1) is 9.47. The Balaban J connectivity index is 5.13. The maximum atomic E-state index is 12.1. The molecule has 1 amide bonds. The summed E-state index contributed by atoms with van der Waals surface area (Å²) in [5.74, 6) is -0.897. The Morgan fingerprint density at radius 3 is 2.19 bits per heavy atom. The third-order valence-corrected chi connectivity index (χ3v) is 8.74. The molecule has 0 radical (unpaired) electrons. The Kier molecular flexibility index (Phi) is 7.78. The second kappa shape index (κ2) is 8.05. The smallest absolute Gasteiger partial charge is 0.227 e. The normalized spacial score (nSPS) is 17.0. The van der Waals surface area contributed by atoms with Crippen molar-refractivity contribution < 1.29 is 18.8 Å². The van der Waals surface area contributed by atoms with Crippen LogP contribution in [-0.4, -0.2) is 40.5 Å². The highest BCUT2D eigenvalue weighted by Gasteiger charge is 2.42. The number of ether oxygens (including phenoxy) is 1. The standard InChI is InChI=1S/C15H31NO4Si/c1-11(9-17)13(12(2)14(18)16-10-19-6)20-21(7,8)15(3,4)5/h9,11-13H,10H2,1-8H3,(H,16,18)/t11-,12+,13-/m0/s1. The molecule has 0 aliphatic rings. The van der Waals surface area contributed by atoms with Gasteiger partial charge < -0.3 is 19.3 Å². The topological polar surface area (TPSA) is 64.6 Å². The van der Waals surface area contributed by atoms with E-state index in [1.165, 1.54) is 7.11 Å². The van der Waals surface area contributed by atoms with E-state index >= 15 is 0 Å². The molecule has 0 fully saturated rings. The van der Waals surface area contributed by atoms with Crippen LogP contribution in [0, 0.1) is 11.8 Å². The minimum atomic E-state index is -2.06. The molecule has 124 valence electrons. The van der Waals surface area contributed by atoms with Crippen molar-refractivity contribution in [2.75, 3.05) is 13.8 Å². The van der Waals surface area contributed by atoms with Gasteiger partial charge in [-0.25, -0.2) is 0 Å². The zero-order chi connectivity index (χ0) is 16.8. The summed E-state index contributed by atoms with van der Waals surface area (Å²) in [4.78, 5) is 23.3. The first kappa shape index (κ1) is 20.3. The van der Waals surface area contributed by atoms with Crippen molar-refractivity contribution in [3.05, 3.63) is 0 Å². The van der Waals surface area contributed by atoms with Gasteiger partial charge in [-0.1, -0.05) is 34.6 Å². The van der Waals surface area contributed by atoms with Gasteiger partial charge in [0.15, 0.2) is 8.32 Å². The molecule has 1 N–H and O–H groups in total. The summed E-state index contributed by atoms with van der Waals surface area (Å²) in [6, 6.07) is 0. The van der Waals surface area contributed by atoms with Crippen molar-refractivity contribution >= 4 is 20.5 Å². The number of amides is 1. The summed E-state index contributed by atoms with van der Waals surface area (Å²) in [6.07, 6.45) is 0.443. The molecule has 6 heteroatoms. The maximum Gasteiger partial charge on any atom is 0.227 e. The minimum absolute atomic E-state index is 0.0244. The first-order valence-electron chi connectivity index (χ1n) is 7.37. The molecule has 0 aromatic rings. The third-order valence-electron chi connectivity index (χ3n) is 4.27. The molecule has 0 rings (SSSR count). The average Bonchev–Trinajstić information content (AvgIpc) is 2.39. The van der Waals surface area contributed by atoms with Gasteiger partial charge in [0.25, 0.3) is 0 Å². The van der Waals surface area contributed by atoms with Crippen molar-refractivity contribution in [2.45, 2.75) is 58.9 Å². The van der Waals surface area contributed by atoms with E-state index in [1.807, 2.05) is 0 Å². The molecular weight excluding hydrogens is 286 g/mol. The second-order valence-electron chi connectivity index (χ2n) is 7.10. The Bertz CT molecular complexity index is 352. The van der Waals surface area contributed by atoms with Crippen LogP contribution in [0.15, 0.2) is 0 Å². The molecule has 0 saturated carbocycles. The molecule has 3 atom stereocenters. The van der Waals surface area contributed by atoms with Crippen LogP contribution in [0.5, 0.6) is 0 Å². The summed E-state index contributed by atoms with van der Waals surface area (Å²) < 4.78 is 11.2. The van der Waals surface area contributed by atoms with Crippen LogP contribution < -0.4 is 5.32 Å². The van der Waals surface area contributed by atoms with Crippen molar-refractivity contribution in [3.63, 3.8) is 0 Å². The number of hydrogen-bond donors (Lipinski definition) is 1. The molecule has 0 bridgehead atoms. The summed E-state index contributed by atoms with van der Waals surface area (Å²) >= 11 is 0. The molecule has 0 aromatic heterocycles. The zero-order valence-corrected chi connectivity index (χ0v) is 15.6. The monoisotopic (exact) mass is 317 g/mol. The zero-order valence-electron chi connectivity index (χ0n) is 14.6. The molecule has 0 unspecified atom stereocenters. The lowest BCUT2D eigenvalue weighted by atomic mass is 9.94. The van der Waals surface area contributed by atoms with Crippen LogP contribution >= 0.6 is 0 Å². The number of hydrogen-bond acceptors (Lipinski definition) is 4. The van der Waals surface area contributed by atoms with Crippen LogP contribution in [0.1, 0.15) is 34.6 Å². The Morgan fingerprint density at radius 2 is 1.81 bits per heavy atom. The fraction of sp³-hybridized carbons (Fsp3) is 0.867. The van der Waals surface area contributed by atoms with E-state index in [2.05, 4.69) is 39.2 Å². The molecule has 0 aromatic carbocycles. The Hall–Kier alpha value is -0.723. The molecule has 0 aliphatic carbocycles. The molecule has 21 heavy (non-hydrogen) atoms. The lowest BCUT2D eigenvalue weighted by molar-refractivity contribution is -0.131. The fourth-order valence-corrected chi connectivity index (χ4v) is 3.17.